The normalized spacial score (nSPS) is 58.5. The molecule has 0 aromatic carbocycles. The van der Waals surface area contributed by atoms with Crippen molar-refractivity contribution in [3.63, 3.8) is 0 Å². The van der Waals surface area contributed by atoms with Crippen molar-refractivity contribution in [1.29, 1.82) is 0 Å². The first-order valence-electron chi connectivity index (χ1n) is 10.3. The van der Waals surface area contributed by atoms with Crippen LogP contribution in [0.15, 0.2) is 0 Å². The van der Waals surface area contributed by atoms with Crippen LogP contribution in [0.1, 0.15) is 72.1 Å². The third kappa shape index (κ3) is 2.48. The zero-order valence-electron chi connectivity index (χ0n) is 15.5. The van der Waals surface area contributed by atoms with E-state index in [4.69, 9.17) is 0 Å². The molecule has 2 N–H and O–H groups in total. The Bertz CT molecular complexity index is 490. The Balaban J connectivity index is 1.59. The molecule has 3 heteroatoms. The third-order valence-electron chi connectivity index (χ3n) is 8.90. The number of hydrogen-bond acceptors (Lipinski definition) is 2. The predicted molar refractivity (Wildman–Crippen MR) is 93.2 cm³/mol. The molecule has 0 bridgehead atoms. The fraction of sp³-hybridized carbons (Fsp3) is 1.00. The summed E-state index contributed by atoms with van der Waals surface area (Å²) >= 11 is 0. The average Bonchev–Trinajstić information content (AvgIpc) is 2.85. The maximum atomic E-state index is 15.1. The number of halogens is 1. The fourth-order valence-electron chi connectivity index (χ4n) is 7.84. The lowest BCUT2D eigenvalue weighted by Crippen LogP contribution is -2.54. The highest BCUT2D eigenvalue weighted by Crippen LogP contribution is 2.65. The van der Waals surface area contributed by atoms with Crippen LogP contribution in [0, 0.1) is 40.9 Å². The number of aliphatic hydroxyl groups excluding tert-OH is 1. The minimum atomic E-state index is -0.740. The predicted octanol–water partition coefficient (Wildman–Crippen LogP) is 4.34. The second kappa shape index (κ2) is 5.67. The monoisotopic (exact) mass is 338 g/mol. The zero-order chi connectivity index (χ0) is 17.3. The highest BCUT2D eigenvalue weighted by Gasteiger charge is 2.59. The molecule has 0 aromatic rings. The van der Waals surface area contributed by atoms with Crippen molar-refractivity contribution in [3.05, 3.63) is 0 Å². The van der Waals surface area contributed by atoms with Crippen LogP contribution in [0.4, 0.5) is 4.39 Å². The molecule has 1 unspecified atom stereocenters. The van der Waals surface area contributed by atoms with Gasteiger partial charge in [0.15, 0.2) is 0 Å². The highest BCUT2D eigenvalue weighted by atomic mass is 19.1. The van der Waals surface area contributed by atoms with Crippen molar-refractivity contribution in [2.75, 3.05) is 0 Å². The maximum absolute atomic E-state index is 15.1. The number of alkyl halides is 1. The molecule has 4 rings (SSSR count). The molecule has 138 valence electrons. The number of rotatable bonds is 1. The Hall–Kier alpha value is -0.150. The molecule has 10 atom stereocenters. The number of hydrogen-bond donors (Lipinski definition) is 2. The van der Waals surface area contributed by atoms with E-state index in [1.165, 1.54) is 19.3 Å². The van der Waals surface area contributed by atoms with E-state index in [1.54, 1.807) is 0 Å². The summed E-state index contributed by atoms with van der Waals surface area (Å²) < 4.78 is 15.1. The average molecular weight is 339 g/mol. The SMILES string of the molecule is CC(O)[C@H]1CC[C@H]2[C@@H]3C[C@@H](F)[C@@H]4C[C@](C)(O)CC[C@@H]4[C@H]3CC[C@]12C. The van der Waals surface area contributed by atoms with Crippen LogP contribution in [0.5, 0.6) is 0 Å². The van der Waals surface area contributed by atoms with Gasteiger partial charge in [0.25, 0.3) is 0 Å². The van der Waals surface area contributed by atoms with E-state index in [0.717, 1.165) is 19.3 Å². The molecule has 4 aliphatic rings. The van der Waals surface area contributed by atoms with Crippen LogP contribution in [0.2, 0.25) is 0 Å². The van der Waals surface area contributed by atoms with Gasteiger partial charge in [0, 0.05) is 0 Å². The molecule has 4 fully saturated rings. The van der Waals surface area contributed by atoms with Gasteiger partial charge in [0.2, 0.25) is 0 Å². The lowest BCUT2D eigenvalue weighted by atomic mass is 9.48. The van der Waals surface area contributed by atoms with Gasteiger partial charge in [-0.1, -0.05) is 6.92 Å². The summed E-state index contributed by atoms with van der Waals surface area (Å²) in [5, 5.41) is 20.7. The number of fused-ring (bicyclic) bond motifs is 5. The van der Waals surface area contributed by atoms with Crippen molar-refractivity contribution >= 4 is 0 Å². The van der Waals surface area contributed by atoms with Crippen molar-refractivity contribution < 1.29 is 14.6 Å². The van der Waals surface area contributed by atoms with Gasteiger partial charge in [-0.25, -0.2) is 4.39 Å². The Labute approximate surface area is 146 Å². The van der Waals surface area contributed by atoms with Crippen molar-refractivity contribution in [2.45, 2.75) is 90.0 Å². The van der Waals surface area contributed by atoms with Crippen molar-refractivity contribution in [2.24, 2.45) is 40.9 Å². The lowest BCUT2D eigenvalue weighted by Gasteiger charge is -2.58. The molecule has 0 aromatic heterocycles. The molecule has 0 spiro atoms. The first-order valence-corrected chi connectivity index (χ1v) is 10.3. The van der Waals surface area contributed by atoms with E-state index in [9.17, 15) is 10.2 Å². The minimum absolute atomic E-state index is 0.0771. The van der Waals surface area contributed by atoms with Gasteiger partial charge in [-0.05, 0) is 106 Å². The van der Waals surface area contributed by atoms with Crippen LogP contribution in [0.25, 0.3) is 0 Å². The maximum Gasteiger partial charge on any atom is 0.104 e. The molecular formula is C21H35FO2. The van der Waals surface area contributed by atoms with E-state index < -0.39 is 11.8 Å². The molecule has 24 heavy (non-hydrogen) atoms. The number of aliphatic hydroxyl groups is 2. The smallest absolute Gasteiger partial charge is 0.104 e. The Morgan fingerprint density at radius 1 is 0.958 bits per heavy atom. The van der Waals surface area contributed by atoms with E-state index in [1.807, 2.05) is 13.8 Å². The summed E-state index contributed by atoms with van der Waals surface area (Å²) in [4.78, 5) is 0. The summed E-state index contributed by atoms with van der Waals surface area (Å²) in [6, 6.07) is 0. The first-order chi connectivity index (χ1) is 11.2. The fourth-order valence-corrected chi connectivity index (χ4v) is 7.84. The summed E-state index contributed by atoms with van der Waals surface area (Å²) in [6.07, 6.45) is 6.91. The van der Waals surface area contributed by atoms with Gasteiger partial charge in [0.05, 0.1) is 11.7 Å². The highest BCUT2D eigenvalue weighted by molar-refractivity contribution is 5.09. The van der Waals surface area contributed by atoms with Crippen LogP contribution >= 0.6 is 0 Å². The largest absolute Gasteiger partial charge is 0.393 e. The standard InChI is InChI=1S/C21H35FO2/c1-12(23)17-4-5-18-15-10-19(22)16-11-20(2,24)8-6-14(16)13(15)7-9-21(17,18)3/h12-19,23-24H,4-11H2,1-3H3/t12?,13-,14-,15-,16-,17-,18+,19-,20-,21-/m1/s1. The molecule has 4 saturated carbocycles. The Morgan fingerprint density at radius 2 is 1.62 bits per heavy atom. The Morgan fingerprint density at radius 3 is 2.33 bits per heavy atom. The van der Waals surface area contributed by atoms with Crippen LogP contribution in [-0.4, -0.2) is 28.1 Å². The van der Waals surface area contributed by atoms with Crippen LogP contribution in [0.3, 0.4) is 0 Å². The van der Waals surface area contributed by atoms with Crippen LogP contribution in [-0.2, 0) is 0 Å². The third-order valence-corrected chi connectivity index (χ3v) is 8.90. The molecule has 2 nitrogen and oxygen atoms in total. The molecule has 0 amide bonds. The summed E-state index contributed by atoms with van der Waals surface area (Å²) in [7, 11) is 0. The molecule has 4 aliphatic carbocycles. The van der Waals surface area contributed by atoms with Crippen LogP contribution < -0.4 is 0 Å². The molecule has 0 saturated heterocycles. The van der Waals surface area contributed by atoms with E-state index >= 15 is 4.39 Å². The van der Waals surface area contributed by atoms with E-state index in [-0.39, 0.29) is 17.4 Å². The second-order valence-electron chi connectivity index (χ2n) is 10.2. The second-order valence-corrected chi connectivity index (χ2v) is 10.2. The van der Waals surface area contributed by atoms with Gasteiger partial charge in [0.1, 0.15) is 6.17 Å². The zero-order valence-corrected chi connectivity index (χ0v) is 15.5. The lowest BCUT2D eigenvalue weighted by molar-refractivity contribution is -0.131. The molecule has 0 radical (unpaired) electrons. The topological polar surface area (TPSA) is 40.5 Å². The van der Waals surface area contributed by atoms with Gasteiger partial charge in [-0.15, -0.1) is 0 Å². The van der Waals surface area contributed by atoms with Gasteiger partial charge in [-0.3, -0.25) is 0 Å². The Kier molecular flexibility index (Phi) is 4.08. The molecular weight excluding hydrogens is 303 g/mol. The van der Waals surface area contributed by atoms with E-state index in [0.29, 0.717) is 42.4 Å². The van der Waals surface area contributed by atoms with Gasteiger partial charge >= 0.3 is 0 Å². The van der Waals surface area contributed by atoms with Gasteiger partial charge < -0.3 is 10.2 Å². The van der Waals surface area contributed by atoms with Gasteiger partial charge in [-0.2, -0.15) is 0 Å². The molecule has 0 aliphatic heterocycles. The molecule has 0 heterocycles. The minimum Gasteiger partial charge on any atom is -0.393 e. The van der Waals surface area contributed by atoms with Crippen molar-refractivity contribution in [1.82, 2.24) is 0 Å². The summed E-state index contributed by atoms with van der Waals surface area (Å²) in [6.45, 7) is 6.22. The van der Waals surface area contributed by atoms with Crippen molar-refractivity contribution in [3.8, 4) is 0 Å². The quantitative estimate of drug-likeness (QED) is 0.747. The summed E-state index contributed by atoms with van der Waals surface area (Å²) in [5.74, 6) is 2.71. The summed E-state index contributed by atoms with van der Waals surface area (Å²) in [5.41, 5.74) is -0.450. The first kappa shape index (κ1) is 17.3. The van der Waals surface area contributed by atoms with E-state index in [2.05, 4.69) is 6.92 Å².